The molecule has 1 heteroatoms. The molecule has 0 atom stereocenters. The highest BCUT2D eigenvalue weighted by molar-refractivity contribution is 6.09. The van der Waals surface area contributed by atoms with Gasteiger partial charge < -0.3 is 5.32 Å². The van der Waals surface area contributed by atoms with E-state index in [1.165, 1.54) is 21.9 Å². The van der Waals surface area contributed by atoms with E-state index in [0.29, 0.717) is 0 Å². The second-order valence-corrected chi connectivity index (χ2v) is 4.80. The molecule has 0 radical (unpaired) electrons. The quantitative estimate of drug-likeness (QED) is 0.518. The molecule has 0 bridgehead atoms. The van der Waals surface area contributed by atoms with Crippen LogP contribution in [0.2, 0.25) is 0 Å². The summed E-state index contributed by atoms with van der Waals surface area (Å²) in [6.07, 6.45) is 4.37. The first kappa shape index (κ1) is 10.4. The zero-order valence-electron chi connectivity index (χ0n) is 10.4. The number of rotatable bonds is 2. The fraction of sp³-hybridized carbons (Fsp3) is 0. The summed E-state index contributed by atoms with van der Waals surface area (Å²) >= 11 is 0. The molecule has 90 valence electrons. The standard InChI is InChI=1S/C18H13N/c1-2-6-15(7-3-1)19-17-12-11-14-10-9-13-5-4-8-16(17)18(13)14/h1-12,19H. The lowest BCUT2D eigenvalue weighted by Gasteiger charge is -2.11. The van der Waals surface area contributed by atoms with Crippen LogP contribution >= 0.6 is 0 Å². The molecule has 1 aliphatic carbocycles. The number of anilines is 2. The second-order valence-electron chi connectivity index (χ2n) is 4.80. The molecule has 1 aliphatic rings. The van der Waals surface area contributed by atoms with Crippen LogP contribution in [-0.4, -0.2) is 0 Å². The van der Waals surface area contributed by atoms with Gasteiger partial charge in [-0.1, -0.05) is 54.6 Å². The minimum atomic E-state index is 1.12. The van der Waals surface area contributed by atoms with E-state index in [-0.39, 0.29) is 0 Å². The Balaban J connectivity index is 1.89. The maximum absolute atomic E-state index is 3.50. The van der Waals surface area contributed by atoms with E-state index in [4.69, 9.17) is 0 Å². The van der Waals surface area contributed by atoms with Gasteiger partial charge in [-0.2, -0.15) is 0 Å². The first-order chi connectivity index (χ1) is 9.42. The van der Waals surface area contributed by atoms with Gasteiger partial charge in [0.25, 0.3) is 0 Å². The zero-order valence-corrected chi connectivity index (χ0v) is 10.4. The van der Waals surface area contributed by atoms with Gasteiger partial charge in [-0.3, -0.25) is 0 Å². The predicted octanol–water partition coefficient (Wildman–Crippen LogP) is 5.07. The Labute approximate surface area is 112 Å². The highest BCUT2D eigenvalue weighted by Gasteiger charge is 2.11. The summed E-state index contributed by atoms with van der Waals surface area (Å²) in [5.74, 6) is 0. The van der Waals surface area contributed by atoms with Gasteiger partial charge in [0.05, 0.1) is 0 Å². The van der Waals surface area contributed by atoms with Crippen LogP contribution in [0.4, 0.5) is 11.4 Å². The number of nitrogens with one attached hydrogen (secondary N) is 1. The van der Waals surface area contributed by atoms with Crippen LogP contribution in [-0.2, 0) is 0 Å². The van der Waals surface area contributed by atoms with Crippen LogP contribution < -0.4 is 5.32 Å². The third kappa shape index (κ3) is 1.63. The van der Waals surface area contributed by atoms with Gasteiger partial charge in [-0.15, -0.1) is 0 Å². The van der Waals surface area contributed by atoms with Gasteiger partial charge in [0.15, 0.2) is 0 Å². The molecule has 0 heterocycles. The molecule has 3 aromatic rings. The molecular formula is C18H13N. The minimum Gasteiger partial charge on any atom is -0.355 e. The van der Waals surface area contributed by atoms with Gasteiger partial charge in [0.1, 0.15) is 0 Å². The summed E-state index contributed by atoms with van der Waals surface area (Å²) in [6, 6.07) is 21.1. The van der Waals surface area contributed by atoms with Crippen molar-refractivity contribution in [1.82, 2.24) is 0 Å². The maximum atomic E-state index is 3.50. The van der Waals surface area contributed by atoms with Crippen molar-refractivity contribution in [3.63, 3.8) is 0 Å². The fourth-order valence-electron chi connectivity index (χ4n) is 2.71. The van der Waals surface area contributed by atoms with Gasteiger partial charge in [0, 0.05) is 16.8 Å². The van der Waals surface area contributed by atoms with Crippen molar-refractivity contribution in [3.05, 3.63) is 71.8 Å². The number of benzene rings is 3. The summed E-state index contributed by atoms with van der Waals surface area (Å²) in [5.41, 5.74) is 4.90. The van der Waals surface area contributed by atoms with Crippen LogP contribution in [0.25, 0.3) is 22.9 Å². The molecule has 1 N–H and O–H groups in total. The Kier molecular flexibility index (Phi) is 2.18. The topological polar surface area (TPSA) is 12.0 Å². The van der Waals surface area contributed by atoms with Gasteiger partial charge in [0.2, 0.25) is 0 Å². The summed E-state index contributed by atoms with van der Waals surface area (Å²) in [7, 11) is 0. The molecule has 0 amide bonds. The van der Waals surface area contributed by atoms with Crippen molar-refractivity contribution >= 4 is 34.3 Å². The van der Waals surface area contributed by atoms with Crippen LogP contribution in [0.5, 0.6) is 0 Å². The van der Waals surface area contributed by atoms with E-state index in [0.717, 1.165) is 11.4 Å². The third-order valence-corrected chi connectivity index (χ3v) is 3.60. The summed E-state index contributed by atoms with van der Waals surface area (Å²) in [5, 5.41) is 6.13. The smallest absolute Gasteiger partial charge is 0.0464 e. The molecule has 4 rings (SSSR count). The van der Waals surface area contributed by atoms with Crippen molar-refractivity contribution in [1.29, 1.82) is 0 Å². The average Bonchev–Trinajstić information content (AvgIpc) is 2.88. The molecule has 0 unspecified atom stereocenters. The van der Waals surface area contributed by atoms with Crippen LogP contribution in [0.3, 0.4) is 0 Å². The Morgan fingerprint density at radius 2 is 1.42 bits per heavy atom. The van der Waals surface area contributed by atoms with Crippen molar-refractivity contribution in [3.8, 4) is 0 Å². The highest BCUT2D eigenvalue weighted by Crippen LogP contribution is 2.36. The molecule has 0 aliphatic heterocycles. The Hall–Kier alpha value is -2.54. The maximum Gasteiger partial charge on any atom is 0.0464 e. The average molecular weight is 243 g/mol. The molecule has 3 aromatic carbocycles. The highest BCUT2D eigenvalue weighted by atomic mass is 14.9. The van der Waals surface area contributed by atoms with Crippen molar-refractivity contribution < 1.29 is 0 Å². The Morgan fingerprint density at radius 3 is 2.26 bits per heavy atom. The minimum absolute atomic E-state index is 1.12. The molecule has 19 heavy (non-hydrogen) atoms. The predicted molar refractivity (Wildman–Crippen MR) is 82.6 cm³/mol. The van der Waals surface area contributed by atoms with E-state index in [1.54, 1.807) is 0 Å². The molecule has 1 nitrogen and oxygen atoms in total. The normalized spacial score (nSPS) is 12.0. The fourth-order valence-corrected chi connectivity index (χ4v) is 2.71. The second kappa shape index (κ2) is 3.99. The summed E-state index contributed by atoms with van der Waals surface area (Å²) in [6.45, 7) is 0. The zero-order chi connectivity index (χ0) is 12.7. The first-order valence-corrected chi connectivity index (χ1v) is 6.48. The summed E-state index contributed by atoms with van der Waals surface area (Å²) < 4.78 is 0. The SMILES string of the molecule is C1=Cc2ccc(Nc3ccccc3)c3cccc1c23. The largest absolute Gasteiger partial charge is 0.355 e. The lowest BCUT2D eigenvalue weighted by atomic mass is 10.0. The lowest BCUT2D eigenvalue weighted by molar-refractivity contribution is 1.57. The van der Waals surface area contributed by atoms with Crippen LogP contribution in [0.15, 0.2) is 60.7 Å². The van der Waals surface area contributed by atoms with E-state index < -0.39 is 0 Å². The molecule has 0 saturated heterocycles. The van der Waals surface area contributed by atoms with E-state index in [1.807, 2.05) is 18.2 Å². The molecular weight excluding hydrogens is 230 g/mol. The van der Waals surface area contributed by atoms with Crippen molar-refractivity contribution in [2.24, 2.45) is 0 Å². The van der Waals surface area contributed by atoms with E-state index >= 15 is 0 Å². The van der Waals surface area contributed by atoms with Crippen molar-refractivity contribution in [2.75, 3.05) is 5.32 Å². The summed E-state index contributed by atoms with van der Waals surface area (Å²) in [4.78, 5) is 0. The Bertz CT molecular complexity index is 773. The number of hydrogen-bond acceptors (Lipinski definition) is 1. The number of hydrogen-bond donors (Lipinski definition) is 1. The lowest BCUT2D eigenvalue weighted by Crippen LogP contribution is -1.92. The molecule has 0 fully saturated rings. The van der Waals surface area contributed by atoms with E-state index in [2.05, 4.69) is 59.9 Å². The van der Waals surface area contributed by atoms with E-state index in [9.17, 15) is 0 Å². The van der Waals surface area contributed by atoms with Crippen LogP contribution in [0.1, 0.15) is 11.1 Å². The van der Waals surface area contributed by atoms with Crippen molar-refractivity contribution in [2.45, 2.75) is 0 Å². The number of para-hydroxylation sites is 1. The molecule has 0 spiro atoms. The monoisotopic (exact) mass is 243 g/mol. The molecule has 0 aromatic heterocycles. The molecule has 0 saturated carbocycles. The Morgan fingerprint density at radius 1 is 0.632 bits per heavy atom. The first-order valence-electron chi connectivity index (χ1n) is 6.48. The van der Waals surface area contributed by atoms with Crippen LogP contribution in [0, 0.1) is 0 Å². The van der Waals surface area contributed by atoms with Gasteiger partial charge in [-0.05, 0) is 34.7 Å². The third-order valence-electron chi connectivity index (χ3n) is 3.60. The van der Waals surface area contributed by atoms with Gasteiger partial charge >= 0.3 is 0 Å². The van der Waals surface area contributed by atoms with Gasteiger partial charge in [-0.25, -0.2) is 0 Å².